The Kier molecular flexibility index (Phi) is 2.62. The van der Waals surface area contributed by atoms with Crippen LogP contribution in [0.3, 0.4) is 0 Å². The fourth-order valence-corrected chi connectivity index (χ4v) is 2.16. The summed E-state index contributed by atoms with van der Waals surface area (Å²) in [6.45, 7) is 0. The number of benzene rings is 2. The molecule has 0 amide bonds. The van der Waals surface area contributed by atoms with Crippen LogP contribution in [0.25, 0.3) is 21.9 Å². The maximum Gasteiger partial charge on any atom is 0.0991 e. The monoisotopic (exact) mass is 245 g/mol. The van der Waals surface area contributed by atoms with Crippen LogP contribution in [-0.4, -0.2) is 4.98 Å². The van der Waals surface area contributed by atoms with Gasteiger partial charge in [-0.25, -0.2) is 0 Å². The minimum atomic E-state index is 0.644. The van der Waals surface area contributed by atoms with Crippen LogP contribution < -0.4 is 5.73 Å². The molecule has 0 atom stereocenters. The summed E-state index contributed by atoms with van der Waals surface area (Å²) < 4.78 is 0. The molecule has 3 nitrogen and oxygen atoms in total. The highest BCUT2D eigenvalue weighted by atomic mass is 14.6. The third kappa shape index (κ3) is 2.00. The Morgan fingerprint density at radius 3 is 2.79 bits per heavy atom. The van der Waals surface area contributed by atoms with Crippen LogP contribution in [0.5, 0.6) is 0 Å². The number of nitrogen functional groups attached to an aromatic ring is 1. The van der Waals surface area contributed by atoms with Crippen molar-refractivity contribution in [1.29, 1.82) is 5.26 Å². The van der Waals surface area contributed by atoms with Gasteiger partial charge in [0, 0.05) is 23.5 Å². The Balaban J connectivity index is 2.23. The summed E-state index contributed by atoms with van der Waals surface area (Å²) in [5, 5.41) is 10.9. The predicted molar refractivity (Wildman–Crippen MR) is 76.3 cm³/mol. The number of aromatic nitrogens is 1. The summed E-state index contributed by atoms with van der Waals surface area (Å²) in [6, 6.07) is 15.6. The van der Waals surface area contributed by atoms with Crippen molar-refractivity contribution < 1.29 is 0 Å². The van der Waals surface area contributed by atoms with Crippen molar-refractivity contribution >= 4 is 16.5 Å². The number of pyridine rings is 1. The van der Waals surface area contributed by atoms with Crippen molar-refractivity contribution in [1.82, 2.24) is 4.98 Å². The summed E-state index contributed by atoms with van der Waals surface area (Å²) in [7, 11) is 0. The molecule has 2 N–H and O–H groups in total. The molecule has 0 saturated carbocycles. The average Bonchev–Trinajstić information content (AvgIpc) is 2.47. The Labute approximate surface area is 110 Å². The largest absolute Gasteiger partial charge is 0.398 e. The maximum absolute atomic E-state index is 8.95. The molecule has 0 aliphatic heterocycles. The molecule has 0 radical (unpaired) electrons. The Hall–Kier alpha value is -2.86. The van der Waals surface area contributed by atoms with E-state index in [1.165, 1.54) is 0 Å². The van der Waals surface area contributed by atoms with E-state index in [1.54, 1.807) is 18.5 Å². The van der Waals surface area contributed by atoms with Gasteiger partial charge in [0.25, 0.3) is 0 Å². The standard InChI is InChI=1S/C16H11N3/c17-9-11-2-1-3-12(6-11)14-7-13-4-5-19-10-15(13)16(18)8-14/h1-8,10H,18H2. The van der Waals surface area contributed by atoms with Crippen LogP contribution in [0.2, 0.25) is 0 Å². The SMILES string of the molecule is N#Cc1cccc(-c2cc(N)c3cnccc3c2)c1. The zero-order valence-corrected chi connectivity index (χ0v) is 10.2. The summed E-state index contributed by atoms with van der Waals surface area (Å²) in [4.78, 5) is 4.08. The van der Waals surface area contributed by atoms with Crippen LogP contribution in [0, 0.1) is 11.3 Å². The average molecular weight is 245 g/mol. The van der Waals surface area contributed by atoms with Crippen LogP contribution in [0.4, 0.5) is 5.69 Å². The number of anilines is 1. The summed E-state index contributed by atoms with van der Waals surface area (Å²) in [6.07, 6.45) is 3.51. The molecule has 0 unspecified atom stereocenters. The number of nitrogens with two attached hydrogens (primary N) is 1. The van der Waals surface area contributed by atoms with Crippen molar-refractivity contribution in [2.75, 3.05) is 5.73 Å². The molecule has 3 heteroatoms. The fourth-order valence-electron chi connectivity index (χ4n) is 2.16. The van der Waals surface area contributed by atoms with E-state index in [4.69, 9.17) is 11.0 Å². The van der Waals surface area contributed by atoms with Gasteiger partial charge >= 0.3 is 0 Å². The van der Waals surface area contributed by atoms with E-state index in [0.717, 1.165) is 21.9 Å². The highest BCUT2D eigenvalue weighted by Crippen LogP contribution is 2.29. The van der Waals surface area contributed by atoms with Gasteiger partial charge in [-0.1, -0.05) is 12.1 Å². The first kappa shape index (κ1) is 11.2. The normalized spacial score (nSPS) is 10.3. The fraction of sp³-hybridized carbons (Fsp3) is 0. The lowest BCUT2D eigenvalue weighted by molar-refractivity contribution is 1.36. The van der Waals surface area contributed by atoms with E-state index in [0.29, 0.717) is 11.3 Å². The quantitative estimate of drug-likeness (QED) is 0.669. The van der Waals surface area contributed by atoms with E-state index in [1.807, 2.05) is 30.3 Å². The van der Waals surface area contributed by atoms with Gasteiger partial charge in [-0.05, 0) is 46.8 Å². The second kappa shape index (κ2) is 4.43. The van der Waals surface area contributed by atoms with Crippen LogP contribution in [-0.2, 0) is 0 Å². The Morgan fingerprint density at radius 1 is 1.05 bits per heavy atom. The van der Waals surface area contributed by atoms with Crippen molar-refractivity contribution in [3.8, 4) is 17.2 Å². The van der Waals surface area contributed by atoms with Gasteiger partial charge in [-0.2, -0.15) is 5.26 Å². The number of nitrogens with zero attached hydrogens (tertiary/aromatic N) is 2. The molecule has 1 aromatic heterocycles. The molecule has 0 bridgehead atoms. The molecule has 0 spiro atoms. The lowest BCUT2D eigenvalue weighted by Gasteiger charge is -2.07. The van der Waals surface area contributed by atoms with Crippen LogP contribution in [0.15, 0.2) is 54.9 Å². The summed E-state index contributed by atoms with van der Waals surface area (Å²) in [5.74, 6) is 0. The van der Waals surface area contributed by atoms with E-state index < -0.39 is 0 Å². The van der Waals surface area contributed by atoms with Crippen LogP contribution >= 0.6 is 0 Å². The van der Waals surface area contributed by atoms with Gasteiger partial charge in [0.2, 0.25) is 0 Å². The molecule has 19 heavy (non-hydrogen) atoms. The lowest BCUT2D eigenvalue weighted by Crippen LogP contribution is -1.90. The number of rotatable bonds is 1. The molecule has 0 aliphatic carbocycles. The van der Waals surface area contributed by atoms with Gasteiger partial charge in [-0.3, -0.25) is 4.98 Å². The first-order valence-electron chi connectivity index (χ1n) is 5.92. The van der Waals surface area contributed by atoms with Crippen molar-refractivity contribution in [2.45, 2.75) is 0 Å². The second-order valence-electron chi connectivity index (χ2n) is 4.35. The first-order chi connectivity index (χ1) is 9.28. The zero-order valence-electron chi connectivity index (χ0n) is 10.2. The number of fused-ring (bicyclic) bond motifs is 1. The highest BCUT2D eigenvalue weighted by Gasteiger charge is 2.04. The molecule has 0 fully saturated rings. The smallest absolute Gasteiger partial charge is 0.0991 e. The molecule has 0 aliphatic rings. The second-order valence-corrected chi connectivity index (χ2v) is 4.35. The molecule has 0 saturated heterocycles. The molecule has 3 rings (SSSR count). The minimum Gasteiger partial charge on any atom is -0.398 e. The van der Waals surface area contributed by atoms with Crippen molar-refractivity contribution in [2.24, 2.45) is 0 Å². The molecule has 2 aromatic carbocycles. The molecular weight excluding hydrogens is 234 g/mol. The van der Waals surface area contributed by atoms with E-state index in [2.05, 4.69) is 17.1 Å². The van der Waals surface area contributed by atoms with Gasteiger partial charge in [-0.15, -0.1) is 0 Å². The number of nitriles is 1. The van der Waals surface area contributed by atoms with Gasteiger partial charge in [0.15, 0.2) is 0 Å². The Morgan fingerprint density at radius 2 is 1.95 bits per heavy atom. The lowest BCUT2D eigenvalue weighted by atomic mass is 9.99. The van der Waals surface area contributed by atoms with Gasteiger partial charge in [0.05, 0.1) is 11.6 Å². The van der Waals surface area contributed by atoms with Gasteiger partial charge < -0.3 is 5.73 Å². The zero-order chi connectivity index (χ0) is 13.2. The molecule has 1 heterocycles. The summed E-state index contributed by atoms with van der Waals surface area (Å²) >= 11 is 0. The number of hydrogen-bond donors (Lipinski definition) is 1. The topological polar surface area (TPSA) is 62.7 Å². The molecular formula is C16H11N3. The van der Waals surface area contributed by atoms with E-state index in [-0.39, 0.29) is 0 Å². The highest BCUT2D eigenvalue weighted by molar-refractivity contribution is 5.96. The minimum absolute atomic E-state index is 0.644. The van der Waals surface area contributed by atoms with Crippen LogP contribution in [0.1, 0.15) is 5.56 Å². The first-order valence-corrected chi connectivity index (χ1v) is 5.92. The molecule has 3 aromatic rings. The third-order valence-electron chi connectivity index (χ3n) is 3.11. The predicted octanol–water partition coefficient (Wildman–Crippen LogP) is 3.36. The molecule has 90 valence electrons. The number of hydrogen-bond acceptors (Lipinski definition) is 3. The third-order valence-corrected chi connectivity index (χ3v) is 3.11. The Bertz CT molecular complexity index is 800. The van der Waals surface area contributed by atoms with E-state index >= 15 is 0 Å². The summed E-state index contributed by atoms with van der Waals surface area (Å²) in [5.41, 5.74) is 9.40. The van der Waals surface area contributed by atoms with Crippen molar-refractivity contribution in [3.63, 3.8) is 0 Å². The van der Waals surface area contributed by atoms with Crippen molar-refractivity contribution in [3.05, 3.63) is 60.4 Å². The van der Waals surface area contributed by atoms with Gasteiger partial charge in [0.1, 0.15) is 0 Å². The van der Waals surface area contributed by atoms with E-state index in [9.17, 15) is 0 Å². The maximum atomic E-state index is 8.95.